The molecule has 4 aromatic rings. The van der Waals surface area contributed by atoms with Gasteiger partial charge in [-0.1, -0.05) is 76.6 Å². The summed E-state index contributed by atoms with van der Waals surface area (Å²) < 4.78 is 5.81. The second-order valence-corrected chi connectivity index (χ2v) is 8.41. The highest BCUT2D eigenvalue weighted by molar-refractivity contribution is 9.09. The van der Waals surface area contributed by atoms with Gasteiger partial charge in [0.15, 0.2) is 0 Å². The molecule has 1 aliphatic carbocycles. The number of rotatable bonds is 1. The van der Waals surface area contributed by atoms with Crippen LogP contribution in [0, 0.1) is 0 Å². The topological polar surface area (TPSA) is 26.3 Å². The van der Waals surface area contributed by atoms with E-state index in [1.807, 2.05) is 0 Å². The monoisotopic (exact) mass is 418 g/mol. The summed E-state index contributed by atoms with van der Waals surface area (Å²) in [4.78, 5) is 12.0. The van der Waals surface area contributed by atoms with Crippen LogP contribution in [-0.4, -0.2) is 10.8 Å². The van der Waals surface area contributed by atoms with E-state index in [1.54, 1.807) is 0 Å². The molecule has 0 spiro atoms. The van der Waals surface area contributed by atoms with Crippen molar-refractivity contribution in [3.05, 3.63) is 71.8 Å². The predicted octanol–water partition coefficient (Wildman–Crippen LogP) is 6.46. The molecular weight excluding hydrogens is 400 g/mol. The first kappa shape index (κ1) is 16.8. The molecule has 0 aliphatic heterocycles. The first-order valence-corrected chi connectivity index (χ1v) is 10.2. The molecule has 0 saturated carbocycles. The van der Waals surface area contributed by atoms with E-state index in [9.17, 15) is 4.79 Å². The minimum atomic E-state index is -0.264. The van der Waals surface area contributed by atoms with Crippen molar-refractivity contribution >= 4 is 54.2 Å². The van der Waals surface area contributed by atoms with Gasteiger partial charge in [0.05, 0.1) is 4.83 Å². The van der Waals surface area contributed by atoms with Gasteiger partial charge in [0.2, 0.25) is 0 Å². The minimum absolute atomic E-state index is 0.129. The molecule has 134 valence electrons. The van der Waals surface area contributed by atoms with E-state index in [2.05, 4.69) is 76.6 Å². The summed E-state index contributed by atoms with van der Waals surface area (Å²) in [5.41, 5.74) is 2.48. The van der Waals surface area contributed by atoms with Crippen LogP contribution in [0.25, 0.3) is 32.3 Å². The van der Waals surface area contributed by atoms with Crippen molar-refractivity contribution < 1.29 is 9.53 Å². The predicted molar refractivity (Wildman–Crippen MR) is 115 cm³/mol. The highest BCUT2D eigenvalue weighted by atomic mass is 79.9. The SMILES string of the molecule is CC(=O)O[C@H]1c2c(c3ccccc3c3c2ccc2ccccc23)CC[C@@H]1Br. The summed E-state index contributed by atoms with van der Waals surface area (Å²) >= 11 is 3.78. The number of hydrogen-bond donors (Lipinski definition) is 0. The molecule has 0 heterocycles. The number of hydrogen-bond acceptors (Lipinski definition) is 2. The Hall–Kier alpha value is -2.39. The smallest absolute Gasteiger partial charge is 0.303 e. The van der Waals surface area contributed by atoms with Gasteiger partial charge in [0.1, 0.15) is 6.10 Å². The molecule has 3 heteroatoms. The number of aryl methyl sites for hydroxylation is 1. The molecule has 5 rings (SSSR count). The Bertz CT molecular complexity index is 1210. The molecule has 2 nitrogen and oxygen atoms in total. The average Bonchev–Trinajstić information content (AvgIpc) is 2.69. The third-order valence-corrected chi connectivity index (χ3v) is 6.58. The lowest BCUT2D eigenvalue weighted by Crippen LogP contribution is -2.25. The van der Waals surface area contributed by atoms with Crippen LogP contribution in [0.5, 0.6) is 0 Å². The van der Waals surface area contributed by atoms with Crippen molar-refractivity contribution in [3.8, 4) is 0 Å². The van der Waals surface area contributed by atoms with Crippen LogP contribution in [0.2, 0.25) is 0 Å². The molecule has 0 N–H and O–H groups in total. The van der Waals surface area contributed by atoms with Crippen LogP contribution in [0.15, 0.2) is 60.7 Å². The Morgan fingerprint density at radius 2 is 1.63 bits per heavy atom. The van der Waals surface area contributed by atoms with Gasteiger partial charge in [-0.3, -0.25) is 4.79 Å². The number of ether oxygens (including phenoxy) is 1. The Labute approximate surface area is 166 Å². The summed E-state index contributed by atoms with van der Waals surface area (Å²) in [6.45, 7) is 1.49. The number of fused-ring (bicyclic) bond motifs is 8. The summed E-state index contributed by atoms with van der Waals surface area (Å²) in [6.07, 6.45) is 1.67. The molecule has 0 bridgehead atoms. The molecule has 0 radical (unpaired) electrons. The third kappa shape index (κ3) is 2.56. The molecule has 4 aromatic carbocycles. The fourth-order valence-corrected chi connectivity index (χ4v) is 5.18. The van der Waals surface area contributed by atoms with Crippen LogP contribution in [0.3, 0.4) is 0 Å². The van der Waals surface area contributed by atoms with Crippen molar-refractivity contribution in [3.63, 3.8) is 0 Å². The van der Waals surface area contributed by atoms with E-state index < -0.39 is 0 Å². The van der Waals surface area contributed by atoms with Crippen molar-refractivity contribution in [1.82, 2.24) is 0 Å². The zero-order valence-electron chi connectivity index (χ0n) is 15.0. The lowest BCUT2D eigenvalue weighted by atomic mass is 9.80. The number of esters is 1. The van der Waals surface area contributed by atoms with E-state index >= 15 is 0 Å². The maximum atomic E-state index is 11.8. The quantitative estimate of drug-likeness (QED) is 0.201. The third-order valence-electron chi connectivity index (χ3n) is 5.64. The average molecular weight is 419 g/mol. The molecule has 2 atom stereocenters. The van der Waals surface area contributed by atoms with Gasteiger partial charge in [-0.05, 0) is 50.7 Å². The van der Waals surface area contributed by atoms with Crippen molar-refractivity contribution in [2.45, 2.75) is 30.7 Å². The van der Waals surface area contributed by atoms with Crippen LogP contribution in [-0.2, 0) is 16.0 Å². The fraction of sp³-hybridized carbons (Fsp3) is 0.208. The van der Waals surface area contributed by atoms with Gasteiger partial charge in [-0.2, -0.15) is 0 Å². The van der Waals surface area contributed by atoms with Crippen molar-refractivity contribution in [2.24, 2.45) is 0 Å². The molecule has 0 fully saturated rings. The maximum absolute atomic E-state index is 11.8. The van der Waals surface area contributed by atoms with Crippen LogP contribution in [0.4, 0.5) is 0 Å². The molecule has 0 saturated heterocycles. The lowest BCUT2D eigenvalue weighted by Gasteiger charge is -2.32. The number of alkyl halides is 1. The highest BCUT2D eigenvalue weighted by Gasteiger charge is 2.33. The first-order valence-electron chi connectivity index (χ1n) is 9.31. The molecule has 0 aromatic heterocycles. The Morgan fingerprint density at radius 1 is 0.926 bits per heavy atom. The Balaban J connectivity index is 1.99. The standard InChI is InChI=1S/C24H19BrO2/c1-14(26)27-24-21(25)13-12-19-17-8-4-5-9-18(17)22-16-7-3-2-6-15(16)10-11-20(22)23(19)24/h2-11,21,24H,12-13H2,1H3/t21-,24+/m0/s1. The van der Waals surface area contributed by atoms with Gasteiger partial charge in [-0.25, -0.2) is 0 Å². The van der Waals surface area contributed by atoms with Crippen LogP contribution < -0.4 is 0 Å². The van der Waals surface area contributed by atoms with Crippen molar-refractivity contribution in [1.29, 1.82) is 0 Å². The summed E-state index contributed by atoms with van der Waals surface area (Å²) in [5.74, 6) is -0.237. The lowest BCUT2D eigenvalue weighted by molar-refractivity contribution is -0.146. The number of carbonyl (C=O) groups excluding carboxylic acids is 1. The zero-order chi connectivity index (χ0) is 18.5. The molecule has 0 unspecified atom stereocenters. The Kier molecular flexibility index (Phi) is 3.94. The Morgan fingerprint density at radius 3 is 2.41 bits per heavy atom. The van der Waals surface area contributed by atoms with Gasteiger partial charge in [-0.15, -0.1) is 0 Å². The maximum Gasteiger partial charge on any atom is 0.303 e. The fourth-order valence-electron chi connectivity index (χ4n) is 4.58. The van der Waals surface area contributed by atoms with Crippen LogP contribution >= 0.6 is 15.9 Å². The summed E-state index contributed by atoms with van der Waals surface area (Å²) in [5, 5.41) is 7.46. The van der Waals surface area contributed by atoms with Crippen molar-refractivity contribution in [2.75, 3.05) is 0 Å². The van der Waals surface area contributed by atoms with E-state index in [1.165, 1.54) is 44.8 Å². The van der Waals surface area contributed by atoms with E-state index in [0.717, 1.165) is 18.4 Å². The van der Waals surface area contributed by atoms with E-state index in [-0.39, 0.29) is 16.9 Å². The van der Waals surface area contributed by atoms with E-state index in [4.69, 9.17) is 4.74 Å². The summed E-state index contributed by atoms with van der Waals surface area (Å²) in [6, 6.07) is 21.5. The number of benzene rings is 4. The number of carbonyl (C=O) groups is 1. The molecular formula is C24H19BrO2. The molecule has 27 heavy (non-hydrogen) atoms. The summed E-state index contributed by atoms with van der Waals surface area (Å²) in [7, 11) is 0. The van der Waals surface area contributed by atoms with E-state index in [0.29, 0.717) is 0 Å². The second-order valence-electron chi connectivity index (χ2n) is 7.23. The first-order chi connectivity index (χ1) is 13.1. The van der Waals surface area contributed by atoms with Gasteiger partial charge in [0, 0.05) is 12.5 Å². The highest BCUT2D eigenvalue weighted by Crippen LogP contribution is 2.46. The second kappa shape index (κ2) is 6.35. The normalized spacial score (nSPS) is 19.3. The van der Waals surface area contributed by atoms with Crippen LogP contribution in [0.1, 0.15) is 30.6 Å². The largest absolute Gasteiger partial charge is 0.456 e. The molecule has 1 aliphatic rings. The molecule has 0 amide bonds. The van der Waals surface area contributed by atoms with Gasteiger partial charge >= 0.3 is 5.97 Å². The zero-order valence-corrected chi connectivity index (χ0v) is 16.6. The number of halogens is 1. The van der Waals surface area contributed by atoms with Gasteiger partial charge < -0.3 is 4.74 Å². The van der Waals surface area contributed by atoms with Gasteiger partial charge in [0.25, 0.3) is 0 Å². The minimum Gasteiger partial charge on any atom is -0.456 e.